The van der Waals surface area contributed by atoms with Crippen molar-refractivity contribution in [2.45, 2.75) is 65.1 Å². The van der Waals surface area contributed by atoms with E-state index in [0.29, 0.717) is 50.7 Å². The number of rotatable bonds is 17. The molecule has 11 heteroatoms. The number of alkyl halides is 2. The van der Waals surface area contributed by atoms with Crippen molar-refractivity contribution >= 4 is 51.8 Å². The van der Waals surface area contributed by atoms with Crippen LogP contribution in [0, 0.1) is 5.92 Å². The van der Waals surface area contributed by atoms with E-state index in [-0.39, 0.29) is 24.5 Å². The summed E-state index contributed by atoms with van der Waals surface area (Å²) in [6, 6.07) is 4.54. The number of anilines is 1. The molecule has 0 fully saturated rings. The normalized spacial score (nSPS) is 13.2. The third kappa shape index (κ3) is 9.91. The van der Waals surface area contributed by atoms with Crippen molar-refractivity contribution in [1.29, 1.82) is 0 Å². The lowest BCUT2D eigenvalue weighted by molar-refractivity contribution is -0.150. The van der Waals surface area contributed by atoms with Crippen LogP contribution in [-0.2, 0) is 32.5 Å². The Morgan fingerprint density at radius 1 is 1.13 bits per heavy atom. The molecule has 0 radical (unpaired) electrons. The van der Waals surface area contributed by atoms with Gasteiger partial charge in [0, 0.05) is 44.0 Å². The molecule has 1 aromatic carbocycles. The third-order valence-electron chi connectivity index (χ3n) is 6.13. The fourth-order valence-corrected chi connectivity index (χ4v) is 4.55. The monoisotopic (exact) mass is 571 g/mol. The number of aryl methyl sites for hydroxylation is 2. The fourth-order valence-electron chi connectivity index (χ4n) is 4.14. The van der Waals surface area contributed by atoms with Crippen molar-refractivity contribution in [2.75, 3.05) is 43.0 Å². The molecule has 0 unspecified atom stereocenters. The molecule has 3 N–H and O–H groups in total. The Morgan fingerprint density at radius 3 is 2.42 bits per heavy atom. The molecule has 0 aliphatic rings. The molecule has 1 aromatic heterocycles. The number of aromatic nitrogens is 2. The first-order chi connectivity index (χ1) is 18.1. The molecule has 2 atom stereocenters. The van der Waals surface area contributed by atoms with E-state index in [0.717, 1.165) is 22.5 Å². The Labute approximate surface area is 236 Å². The van der Waals surface area contributed by atoms with Crippen molar-refractivity contribution < 1.29 is 19.1 Å². The molecule has 38 heavy (non-hydrogen) atoms. The van der Waals surface area contributed by atoms with Gasteiger partial charge in [0.25, 0.3) is 0 Å². The predicted molar refractivity (Wildman–Crippen MR) is 154 cm³/mol. The standard InChI is InChI=1S/C27H43Cl2N5O4/c1-18(2)16-23(27(36)38-15-14-37-19(3)4)32-26(35)21(30)7-9-25-31-22-17-20(6-8-24(22)33(25)5)34(12-10-28)13-11-29/h6,8,17-19,21,23H,7,9-16,30H2,1-5H3,(H,32,35)/t21-,23-/m0/s1. The van der Waals surface area contributed by atoms with Crippen molar-refractivity contribution in [3.8, 4) is 0 Å². The molecule has 214 valence electrons. The molecule has 1 amide bonds. The van der Waals surface area contributed by atoms with Gasteiger partial charge in [-0.25, -0.2) is 9.78 Å². The number of imidazole rings is 1. The molecule has 9 nitrogen and oxygen atoms in total. The predicted octanol–water partition coefficient (Wildman–Crippen LogP) is 3.62. The molecule has 0 spiro atoms. The number of benzene rings is 1. The molecule has 0 saturated heterocycles. The first-order valence-corrected chi connectivity index (χ1v) is 14.3. The number of esters is 1. The number of fused-ring (bicyclic) bond motifs is 1. The highest BCUT2D eigenvalue weighted by molar-refractivity contribution is 6.18. The van der Waals surface area contributed by atoms with Gasteiger partial charge in [-0.15, -0.1) is 23.2 Å². The number of amides is 1. The maximum Gasteiger partial charge on any atom is 0.328 e. The van der Waals surface area contributed by atoms with Gasteiger partial charge < -0.3 is 30.0 Å². The average molecular weight is 573 g/mol. The minimum absolute atomic E-state index is 0.0534. The summed E-state index contributed by atoms with van der Waals surface area (Å²) in [7, 11) is 1.95. The van der Waals surface area contributed by atoms with E-state index in [9.17, 15) is 9.59 Å². The topological polar surface area (TPSA) is 112 Å². The molecule has 0 saturated carbocycles. The Hall–Kier alpha value is -2.07. The van der Waals surface area contributed by atoms with Crippen LogP contribution < -0.4 is 16.0 Å². The maximum atomic E-state index is 12.9. The summed E-state index contributed by atoms with van der Waals surface area (Å²) in [5, 5.41) is 2.79. The van der Waals surface area contributed by atoms with Crippen LogP contribution in [0.4, 0.5) is 5.69 Å². The van der Waals surface area contributed by atoms with E-state index >= 15 is 0 Å². The molecule has 0 aliphatic heterocycles. The first kappa shape index (κ1) is 32.1. The number of nitrogens with one attached hydrogen (secondary N) is 1. The van der Waals surface area contributed by atoms with E-state index in [1.54, 1.807) is 0 Å². The van der Waals surface area contributed by atoms with Gasteiger partial charge in [0.2, 0.25) is 5.91 Å². The maximum absolute atomic E-state index is 12.9. The Morgan fingerprint density at radius 2 is 1.82 bits per heavy atom. The first-order valence-electron chi connectivity index (χ1n) is 13.2. The largest absolute Gasteiger partial charge is 0.462 e. The Kier molecular flexibility index (Phi) is 13.6. The molecule has 2 aromatic rings. The van der Waals surface area contributed by atoms with E-state index in [4.69, 9.17) is 43.4 Å². The van der Waals surface area contributed by atoms with Crippen LogP contribution in [0.25, 0.3) is 11.0 Å². The van der Waals surface area contributed by atoms with Crippen LogP contribution in [0.5, 0.6) is 0 Å². The smallest absolute Gasteiger partial charge is 0.328 e. The second-order valence-corrected chi connectivity index (χ2v) is 10.8. The zero-order valence-electron chi connectivity index (χ0n) is 23.2. The van der Waals surface area contributed by atoms with E-state index < -0.39 is 18.1 Å². The van der Waals surface area contributed by atoms with Gasteiger partial charge in [0.05, 0.1) is 29.8 Å². The van der Waals surface area contributed by atoms with Crippen LogP contribution in [0.1, 0.15) is 46.4 Å². The van der Waals surface area contributed by atoms with E-state index in [1.165, 1.54) is 0 Å². The number of hydrogen-bond acceptors (Lipinski definition) is 7. The van der Waals surface area contributed by atoms with E-state index in [2.05, 4.69) is 10.2 Å². The second kappa shape index (κ2) is 16.1. The molecule has 1 heterocycles. The van der Waals surface area contributed by atoms with Crippen LogP contribution in [0.3, 0.4) is 0 Å². The summed E-state index contributed by atoms with van der Waals surface area (Å²) in [4.78, 5) is 32.4. The highest BCUT2D eigenvalue weighted by Gasteiger charge is 2.26. The molecule has 0 bridgehead atoms. The van der Waals surface area contributed by atoms with Crippen molar-refractivity contribution in [3.05, 3.63) is 24.0 Å². The SMILES string of the molecule is CC(C)C[C@H](NC(=O)[C@@H](N)CCc1nc2cc(N(CCCl)CCCl)ccc2n1C)C(=O)OCCOC(C)C. The van der Waals surface area contributed by atoms with Gasteiger partial charge in [0.15, 0.2) is 0 Å². The van der Waals surface area contributed by atoms with Gasteiger partial charge >= 0.3 is 5.97 Å². The van der Waals surface area contributed by atoms with Crippen LogP contribution in [0.2, 0.25) is 0 Å². The zero-order valence-corrected chi connectivity index (χ0v) is 24.7. The number of ether oxygens (including phenoxy) is 2. The highest BCUT2D eigenvalue weighted by Crippen LogP contribution is 2.23. The molecular formula is C27H43Cl2N5O4. The van der Waals surface area contributed by atoms with Crippen molar-refractivity contribution in [3.63, 3.8) is 0 Å². The summed E-state index contributed by atoms with van der Waals surface area (Å²) < 4.78 is 12.7. The summed E-state index contributed by atoms with van der Waals surface area (Å²) in [6.07, 6.45) is 1.40. The highest BCUT2D eigenvalue weighted by atomic mass is 35.5. The third-order valence-corrected chi connectivity index (χ3v) is 6.47. The van der Waals surface area contributed by atoms with Crippen LogP contribution in [0.15, 0.2) is 18.2 Å². The number of halogens is 2. The van der Waals surface area contributed by atoms with Gasteiger partial charge in [0.1, 0.15) is 18.5 Å². The Bertz CT molecular complexity index is 1020. The zero-order chi connectivity index (χ0) is 28.2. The number of nitrogens with two attached hydrogens (primary N) is 1. The molecular weight excluding hydrogens is 529 g/mol. The fraction of sp³-hybridized carbons (Fsp3) is 0.667. The lowest BCUT2D eigenvalue weighted by Crippen LogP contribution is -2.49. The van der Waals surface area contributed by atoms with Gasteiger partial charge in [-0.1, -0.05) is 13.8 Å². The summed E-state index contributed by atoms with van der Waals surface area (Å²) in [6.45, 7) is 9.62. The minimum Gasteiger partial charge on any atom is -0.462 e. The lowest BCUT2D eigenvalue weighted by Gasteiger charge is -2.22. The summed E-state index contributed by atoms with van der Waals surface area (Å²) in [5.74, 6) is 1.16. The average Bonchev–Trinajstić information content (AvgIpc) is 3.18. The number of carbonyl (C=O) groups is 2. The summed E-state index contributed by atoms with van der Waals surface area (Å²) in [5.41, 5.74) is 9.07. The summed E-state index contributed by atoms with van der Waals surface area (Å²) >= 11 is 11.9. The Balaban J connectivity index is 2.01. The van der Waals surface area contributed by atoms with Crippen molar-refractivity contribution in [2.24, 2.45) is 18.7 Å². The lowest BCUT2D eigenvalue weighted by atomic mass is 10.0. The van der Waals surface area contributed by atoms with Crippen molar-refractivity contribution in [1.82, 2.24) is 14.9 Å². The number of nitrogens with zero attached hydrogens (tertiary/aromatic N) is 3. The van der Waals surface area contributed by atoms with Crippen LogP contribution >= 0.6 is 23.2 Å². The minimum atomic E-state index is -0.792. The van der Waals surface area contributed by atoms with E-state index in [1.807, 2.05) is 57.5 Å². The number of hydrogen-bond donors (Lipinski definition) is 2. The molecule has 0 aliphatic carbocycles. The second-order valence-electron chi connectivity index (χ2n) is 10.0. The number of carbonyl (C=O) groups excluding carboxylic acids is 2. The van der Waals surface area contributed by atoms with Crippen LogP contribution in [-0.4, -0.2) is 77.7 Å². The van der Waals surface area contributed by atoms with Gasteiger partial charge in [-0.05, 0) is 50.8 Å². The molecule has 2 rings (SSSR count). The van der Waals surface area contributed by atoms with Gasteiger partial charge in [-0.2, -0.15) is 0 Å². The quantitative estimate of drug-likeness (QED) is 0.169. The van der Waals surface area contributed by atoms with Gasteiger partial charge in [-0.3, -0.25) is 4.79 Å².